The second kappa shape index (κ2) is 5.95. The number of nitrogens with zero attached hydrogens (tertiary/aromatic N) is 4. The van der Waals surface area contributed by atoms with Gasteiger partial charge in [-0.3, -0.25) is 0 Å². The maximum absolute atomic E-state index is 6.06. The van der Waals surface area contributed by atoms with Crippen LogP contribution >= 0.6 is 23.4 Å². The van der Waals surface area contributed by atoms with Gasteiger partial charge in [-0.2, -0.15) is 0 Å². The number of hydrogen-bond acceptors (Lipinski definition) is 3. The number of hydrogen-bond donors (Lipinski definition) is 0. The summed E-state index contributed by atoms with van der Waals surface area (Å²) in [6, 6.07) is 5.96. The van der Waals surface area contributed by atoms with Gasteiger partial charge in [-0.1, -0.05) is 23.4 Å². The number of benzene rings is 1. The summed E-state index contributed by atoms with van der Waals surface area (Å²) >= 11 is 7.69. The van der Waals surface area contributed by atoms with Gasteiger partial charge in [0.2, 0.25) is 0 Å². The molecule has 3 aromatic rings. The number of imidazole rings is 2. The molecule has 1 aromatic carbocycles. The lowest BCUT2D eigenvalue weighted by Gasteiger charge is -2.05. The number of thioether (sulfide) groups is 1. The van der Waals surface area contributed by atoms with Crippen LogP contribution in [0.4, 0.5) is 0 Å². The Morgan fingerprint density at radius 3 is 2.90 bits per heavy atom. The van der Waals surface area contributed by atoms with E-state index in [2.05, 4.69) is 20.6 Å². The molecule has 3 rings (SSSR count). The van der Waals surface area contributed by atoms with Crippen molar-refractivity contribution in [3.8, 4) is 5.69 Å². The number of halogens is 1. The lowest BCUT2D eigenvalue weighted by Crippen LogP contribution is -2.00. The Hall–Kier alpha value is -1.72. The second-order valence-electron chi connectivity index (χ2n) is 4.75. The monoisotopic (exact) mass is 318 g/mol. The van der Waals surface area contributed by atoms with E-state index >= 15 is 0 Å². The third-order valence-electron chi connectivity index (χ3n) is 3.27. The summed E-state index contributed by atoms with van der Waals surface area (Å²) in [6.45, 7) is 2.72. The second-order valence-corrected chi connectivity index (χ2v) is 5.93. The molecule has 0 spiro atoms. The summed E-state index contributed by atoms with van der Waals surface area (Å²) in [5.74, 6) is 0. The molecule has 0 saturated carbocycles. The van der Waals surface area contributed by atoms with Gasteiger partial charge in [0.15, 0.2) is 5.16 Å². The van der Waals surface area contributed by atoms with Crippen molar-refractivity contribution in [2.24, 2.45) is 0 Å². The molecule has 0 amide bonds. The maximum Gasteiger partial charge on any atom is 0.168 e. The molecular formula is C15H15ClN4S. The van der Waals surface area contributed by atoms with Crippen LogP contribution in [0.1, 0.15) is 11.3 Å². The van der Waals surface area contributed by atoms with Crippen LogP contribution in [-0.4, -0.2) is 25.4 Å². The van der Waals surface area contributed by atoms with Gasteiger partial charge >= 0.3 is 0 Å². The third kappa shape index (κ3) is 2.99. The van der Waals surface area contributed by atoms with Crippen molar-refractivity contribution in [1.82, 2.24) is 19.1 Å². The number of aryl methyl sites for hydroxylation is 1. The highest BCUT2D eigenvalue weighted by molar-refractivity contribution is 7.98. The molecule has 108 valence electrons. The molecule has 0 atom stereocenters. The van der Waals surface area contributed by atoms with Crippen molar-refractivity contribution in [2.45, 2.75) is 18.6 Å². The topological polar surface area (TPSA) is 35.6 Å². The highest BCUT2D eigenvalue weighted by atomic mass is 35.5. The average Bonchev–Trinajstić information content (AvgIpc) is 3.11. The molecule has 0 fully saturated rings. The zero-order valence-corrected chi connectivity index (χ0v) is 13.4. The lowest BCUT2D eigenvalue weighted by atomic mass is 10.2. The summed E-state index contributed by atoms with van der Waals surface area (Å²) < 4.78 is 4.10. The van der Waals surface area contributed by atoms with E-state index in [9.17, 15) is 0 Å². The van der Waals surface area contributed by atoms with Crippen molar-refractivity contribution >= 4 is 23.4 Å². The van der Waals surface area contributed by atoms with Gasteiger partial charge in [0.05, 0.1) is 18.6 Å². The summed E-state index contributed by atoms with van der Waals surface area (Å²) in [5.41, 5.74) is 3.12. The van der Waals surface area contributed by atoms with Crippen molar-refractivity contribution < 1.29 is 0 Å². The fourth-order valence-electron chi connectivity index (χ4n) is 2.16. The van der Waals surface area contributed by atoms with E-state index < -0.39 is 0 Å². The van der Waals surface area contributed by atoms with Crippen molar-refractivity contribution in [3.63, 3.8) is 0 Å². The molecule has 0 N–H and O–H groups in total. The molecular weight excluding hydrogens is 304 g/mol. The minimum atomic E-state index is 0.718. The van der Waals surface area contributed by atoms with Gasteiger partial charge in [-0.15, -0.1) is 0 Å². The first kappa shape index (κ1) is 14.2. The quantitative estimate of drug-likeness (QED) is 0.686. The first-order valence-electron chi connectivity index (χ1n) is 6.52. The summed E-state index contributed by atoms with van der Waals surface area (Å²) in [4.78, 5) is 8.76. The standard InChI is InChI=1S/C15H15ClN4S/c1-11-7-13(3-4-14(11)16)20-9-12(18-10-20)8-19-6-5-17-15(19)21-2/h3-7,9-10H,8H2,1-2H3. The molecule has 2 aromatic heterocycles. The highest BCUT2D eigenvalue weighted by Crippen LogP contribution is 2.19. The smallest absolute Gasteiger partial charge is 0.168 e. The van der Waals surface area contributed by atoms with Gasteiger partial charge < -0.3 is 9.13 Å². The summed E-state index contributed by atoms with van der Waals surface area (Å²) in [5, 5.41) is 1.77. The van der Waals surface area contributed by atoms with E-state index in [1.165, 1.54) is 0 Å². The van der Waals surface area contributed by atoms with Crippen molar-refractivity contribution in [1.29, 1.82) is 0 Å². The zero-order valence-electron chi connectivity index (χ0n) is 11.8. The first-order chi connectivity index (χ1) is 10.2. The molecule has 4 nitrogen and oxygen atoms in total. The molecule has 21 heavy (non-hydrogen) atoms. The maximum atomic E-state index is 6.06. The predicted octanol–water partition coefficient (Wildman–Crippen LogP) is 3.80. The van der Waals surface area contributed by atoms with Crippen molar-refractivity contribution in [2.75, 3.05) is 6.26 Å². The Morgan fingerprint density at radius 1 is 1.29 bits per heavy atom. The van der Waals surface area contributed by atoms with E-state index in [1.807, 2.05) is 54.8 Å². The van der Waals surface area contributed by atoms with Gasteiger partial charge in [0, 0.05) is 29.3 Å². The molecule has 0 aliphatic carbocycles. The first-order valence-corrected chi connectivity index (χ1v) is 8.12. The Kier molecular flexibility index (Phi) is 4.03. The third-order valence-corrected chi connectivity index (χ3v) is 4.40. The molecule has 0 radical (unpaired) electrons. The Labute approximate surface area is 132 Å². The molecule has 0 saturated heterocycles. The predicted molar refractivity (Wildman–Crippen MR) is 86.4 cm³/mol. The van der Waals surface area contributed by atoms with E-state index in [0.29, 0.717) is 0 Å². The summed E-state index contributed by atoms with van der Waals surface area (Å²) in [6.07, 6.45) is 9.66. The minimum Gasteiger partial charge on any atom is -0.320 e. The van der Waals surface area contributed by atoms with Gasteiger partial charge in [-0.05, 0) is 36.9 Å². The van der Waals surface area contributed by atoms with Crippen LogP contribution < -0.4 is 0 Å². The fraction of sp³-hybridized carbons (Fsp3) is 0.200. The van der Waals surface area contributed by atoms with E-state index in [0.717, 1.165) is 33.7 Å². The van der Waals surface area contributed by atoms with E-state index in [4.69, 9.17) is 11.6 Å². The number of rotatable bonds is 4. The van der Waals surface area contributed by atoms with Gasteiger partial charge in [0.25, 0.3) is 0 Å². The van der Waals surface area contributed by atoms with Gasteiger partial charge in [-0.25, -0.2) is 9.97 Å². The Morgan fingerprint density at radius 2 is 2.14 bits per heavy atom. The minimum absolute atomic E-state index is 0.718. The SMILES string of the molecule is CSc1nccn1Cc1cn(-c2ccc(Cl)c(C)c2)cn1. The van der Waals surface area contributed by atoms with Crippen LogP contribution in [0.15, 0.2) is 48.3 Å². The van der Waals surface area contributed by atoms with Gasteiger partial charge in [0.1, 0.15) is 0 Å². The molecule has 6 heteroatoms. The molecule has 0 aliphatic heterocycles. The van der Waals surface area contributed by atoms with Crippen molar-refractivity contribution in [3.05, 3.63) is 59.4 Å². The van der Waals surface area contributed by atoms with Crippen LogP contribution in [0.5, 0.6) is 0 Å². The van der Waals surface area contributed by atoms with E-state index in [1.54, 1.807) is 11.8 Å². The largest absolute Gasteiger partial charge is 0.320 e. The normalized spacial score (nSPS) is 11.0. The van der Waals surface area contributed by atoms with Crippen LogP contribution in [-0.2, 0) is 6.54 Å². The summed E-state index contributed by atoms with van der Waals surface area (Å²) in [7, 11) is 0. The molecule has 0 bridgehead atoms. The van der Waals surface area contributed by atoms with Crippen LogP contribution in [0.25, 0.3) is 5.69 Å². The highest BCUT2D eigenvalue weighted by Gasteiger charge is 2.06. The van der Waals surface area contributed by atoms with Crippen LogP contribution in [0.3, 0.4) is 0 Å². The zero-order chi connectivity index (χ0) is 14.8. The molecule has 0 unspecified atom stereocenters. The van der Waals surface area contributed by atoms with Crippen LogP contribution in [0, 0.1) is 6.92 Å². The fourth-order valence-corrected chi connectivity index (χ4v) is 2.80. The van der Waals surface area contributed by atoms with Crippen LogP contribution in [0.2, 0.25) is 5.02 Å². The van der Waals surface area contributed by atoms with E-state index in [-0.39, 0.29) is 0 Å². The molecule has 0 aliphatic rings. The average molecular weight is 319 g/mol. The molecule has 2 heterocycles. The number of aromatic nitrogens is 4. The lowest BCUT2D eigenvalue weighted by molar-refractivity contribution is 0.697. The Bertz CT molecular complexity index is 763. The Balaban J connectivity index is 1.84.